The number of aliphatic hydroxyl groups is 1. The van der Waals surface area contributed by atoms with Crippen LogP contribution in [0.4, 0.5) is 8.78 Å². The Morgan fingerprint density at radius 3 is 1.61 bits per heavy atom. The highest BCUT2D eigenvalue weighted by Gasteiger charge is 2.63. The fraction of sp³-hybridized carbons (Fsp3) is 0.185. The summed E-state index contributed by atoms with van der Waals surface area (Å²) in [6.07, 6.45) is 0. The second-order valence-corrected chi connectivity index (χ2v) is 7.99. The highest BCUT2D eigenvalue weighted by molar-refractivity contribution is 5.99. The predicted octanol–water partition coefficient (Wildman–Crippen LogP) is 5.27. The minimum Gasteiger partial charge on any atom is -0.496 e. The molecule has 1 aliphatic carbocycles. The molecule has 5 rings (SSSR count). The van der Waals surface area contributed by atoms with Crippen molar-refractivity contribution >= 4 is 10.8 Å². The summed E-state index contributed by atoms with van der Waals surface area (Å²) in [6.45, 7) is 0. The summed E-state index contributed by atoms with van der Waals surface area (Å²) in [7, 11) is 4.54. The molecule has 0 radical (unpaired) electrons. The number of halogens is 2. The van der Waals surface area contributed by atoms with Gasteiger partial charge in [-0.15, -0.1) is 0 Å². The van der Waals surface area contributed by atoms with Gasteiger partial charge in [-0.05, 0) is 52.9 Å². The van der Waals surface area contributed by atoms with Gasteiger partial charge in [0.15, 0.2) is 11.2 Å². The first kappa shape index (κ1) is 21.4. The molecule has 0 aliphatic heterocycles. The van der Waals surface area contributed by atoms with Gasteiger partial charge in [0.05, 0.1) is 14.2 Å². The van der Waals surface area contributed by atoms with Gasteiger partial charge in [0.1, 0.15) is 23.1 Å². The molecule has 0 unspecified atom stereocenters. The topological polar surface area (TPSA) is 47.9 Å². The molecule has 0 saturated carbocycles. The van der Waals surface area contributed by atoms with Crippen molar-refractivity contribution in [2.45, 2.75) is 11.2 Å². The lowest BCUT2D eigenvalue weighted by molar-refractivity contribution is -0.129. The molecule has 0 spiro atoms. The number of benzene rings is 4. The average Bonchev–Trinajstić information content (AvgIpc) is 3.09. The first-order valence-electron chi connectivity index (χ1n) is 10.4. The summed E-state index contributed by atoms with van der Waals surface area (Å²) in [4.78, 5) is 0. The smallest absolute Gasteiger partial charge is 0.159 e. The summed E-state index contributed by atoms with van der Waals surface area (Å²) >= 11 is 0. The third-order valence-electron chi connectivity index (χ3n) is 6.59. The molecule has 0 heterocycles. The van der Waals surface area contributed by atoms with Gasteiger partial charge < -0.3 is 19.3 Å². The molecular formula is C27H22F2O4. The number of hydrogen-bond donors (Lipinski definition) is 1. The van der Waals surface area contributed by atoms with Crippen LogP contribution >= 0.6 is 0 Å². The minimum atomic E-state index is -1.87. The molecule has 0 amide bonds. The van der Waals surface area contributed by atoms with Gasteiger partial charge in [-0.25, -0.2) is 8.78 Å². The minimum absolute atomic E-state index is 0.388. The first-order valence-corrected chi connectivity index (χ1v) is 10.4. The predicted molar refractivity (Wildman–Crippen MR) is 121 cm³/mol. The molecule has 0 fully saturated rings. The average molecular weight is 448 g/mol. The fourth-order valence-electron chi connectivity index (χ4n) is 5.23. The van der Waals surface area contributed by atoms with E-state index in [1.807, 2.05) is 18.2 Å². The maximum atomic E-state index is 13.9. The second kappa shape index (κ2) is 7.54. The molecule has 4 aromatic carbocycles. The van der Waals surface area contributed by atoms with E-state index in [9.17, 15) is 13.9 Å². The first-order chi connectivity index (χ1) is 15.9. The van der Waals surface area contributed by atoms with Gasteiger partial charge in [-0.1, -0.05) is 36.4 Å². The van der Waals surface area contributed by atoms with E-state index in [4.69, 9.17) is 14.2 Å². The van der Waals surface area contributed by atoms with Crippen LogP contribution in [0.25, 0.3) is 10.8 Å². The Morgan fingerprint density at radius 2 is 1.12 bits per heavy atom. The van der Waals surface area contributed by atoms with Crippen molar-refractivity contribution in [3.05, 3.63) is 107 Å². The van der Waals surface area contributed by atoms with Crippen molar-refractivity contribution in [1.82, 2.24) is 0 Å². The molecule has 6 heteroatoms. The Labute approximate surface area is 190 Å². The zero-order valence-electron chi connectivity index (χ0n) is 18.4. The highest BCUT2D eigenvalue weighted by atomic mass is 19.1. The van der Waals surface area contributed by atoms with E-state index >= 15 is 0 Å². The van der Waals surface area contributed by atoms with E-state index in [0.29, 0.717) is 39.1 Å². The summed E-state index contributed by atoms with van der Waals surface area (Å²) in [5, 5.41) is 14.3. The lowest BCUT2D eigenvalue weighted by Gasteiger charge is -2.44. The SMILES string of the molecule is COc1ccc2ccc(OC)c3c2c1[C@](O)(c1ccc(F)cc1)[C@]3(OC)c1ccc(F)cc1. The zero-order valence-corrected chi connectivity index (χ0v) is 18.4. The number of ether oxygens (including phenoxy) is 3. The van der Waals surface area contributed by atoms with Crippen LogP contribution in [0.1, 0.15) is 22.3 Å². The van der Waals surface area contributed by atoms with Crippen molar-refractivity contribution in [2.24, 2.45) is 0 Å². The van der Waals surface area contributed by atoms with E-state index in [0.717, 1.165) is 5.39 Å². The largest absolute Gasteiger partial charge is 0.496 e. The molecule has 1 aliphatic rings. The van der Waals surface area contributed by atoms with Gasteiger partial charge in [0.25, 0.3) is 0 Å². The van der Waals surface area contributed by atoms with Crippen LogP contribution in [-0.2, 0) is 15.9 Å². The molecule has 0 saturated heterocycles. The number of hydrogen-bond acceptors (Lipinski definition) is 4. The van der Waals surface area contributed by atoms with Crippen molar-refractivity contribution in [3.8, 4) is 11.5 Å². The van der Waals surface area contributed by atoms with Gasteiger partial charge in [-0.2, -0.15) is 0 Å². The molecule has 168 valence electrons. The highest BCUT2D eigenvalue weighted by Crippen LogP contribution is 2.64. The molecule has 2 atom stereocenters. The molecule has 4 aromatic rings. The molecule has 4 nitrogen and oxygen atoms in total. The van der Waals surface area contributed by atoms with Crippen LogP contribution in [-0.4, -0.2) is 26.4 Å². The van der Waals surface area contributed by atoms with Gasteiger partial charge in [0, 0.05) is 23.6 Å². The standard InChI is InChI=1S/C27H22F2O4/c1-31-21-14-4-16-5-15-22(32-2)25-23(16)24(21)26(30,17-6-10-19(28)11-7-17)27(25,33-3)18-8-12-20(29)13-9-18/h4-15,30H,1-3H3/t26-,27+/m1/s1. The Bertz CT molecular complexity index is 1350. The quantitative estimate of drug-likeness (QED) is 0.452. The Kier molecular flexibility index (Phi) is 4.88. The van der Waals surface area contributed by atoms with Crippen LogP contribution in [0, 0.1) is 11.6 Å². The molecular weight excluding hydrogens is 426 g/mol. The summed E-state index contributed by atoms with van der Waals surface area (Å²) in [5.74, 6) is 0.0603. The lowest BCUT2D eigenvalue weighted by Crippen LogP contribution is -2.49. The summed E-state index contributed by atoms with van der Waals surface area (Å²) in [6, 6.07) is 18.7. The van der Waals surface area contributed by atoms with E-state index in [2.05, 4.69) is 0 Å². The molecule has 0 bridgehead atoms. The van der Waals surface area contributed by atoms with Crippen LogP contribution in [0.5, 0.6) is 11.5 Å². The van der Waals surface area contributed by atoms with E-state index in [-0.39, 0.29) is 0 Å². The monoisotopic (exact) mass is 448 g/mol. The van der Waals surface area contributed by atoms with Gasteiger partial charge >= 0.3 is 0 Å². The van der Waals surface area contributed by atoms with Crippen LogP contribution in [0.15, 0.2) is 72.8 Å². The second-order valence-electron chi connectivity index (χ2n) is 7.99. The van der Waals surface area contributed by atoms with Crippen molar-refractivity contribution in [3.63, 3.8) is 0 Å². The van der Waals surface area contributed by atoms with Gasteiger partial charge in [0.2, 0.25) is 0 Å². The third-order valence-corrected chi connectivity index (χ3v) is 6.59. The van der Waals surface area contributed by atoms with Crippen molar-refractivity contribution < 1.29 is 28.1 Å². The number of rotatable bonds is 5. The van der Waals surface area contributed by atoms with E-state index in [1.54, 1.807) is 18.2 Å². The maximum Gasteiger partial charge on any atom is 0.159 e. The Hall–Kier alpha value is -3.48. The lowest BCUT2D eigenvalue weighted by atomic mass is 9.71. The zero-order chi connectivity index (χ0) is 23.4. The van der Waals surface area contributed by atoms with Crippen molar-refractivity contribution in [2.75, 3.05) is 21.3 Å². The normalized spacial score (nSPS) is 21.4. The fourth-order valence-corrected chi connectivity index (χ4v) is 5.23. The molecule has 0 aromatic heterocycles. The summed E-state index contributed by atoms with van der Waals surface area (Å²) < 4.78 is 45.5. The van der Waals surface area contributed by atoms with Gasteiger partial charge in [-0.3, -0.25) is 0 Å². The third kappa shape index (κ3) is 2.68. The Balaban J connectivity index is 2.02. The van der Waals surface area contributed by atoms with E-state index < -0.39 is 22.8 Å². The van der Waals surface area contributed by atoms with Crippen LogP contribution < -0.4 is 9.47 Å². The Morgan fingerprint density at radius 1 is 0.636 bits per heavy atom. The van der Waals surface area contributed by atoms with Crippen LogP contribution in [0.2, 0.25) is 0 Å². The molecule has 33 heavy (non-hydrogen) atoms. The summed E-state index contributed by atoms with van der Waals surface area (Å²) in [5.41, 5.74) is -1.48. The van der Waals surface area contributed by atoms with Crippen molar-refractivity contribution in [1.29, 1.82) is 0 Å². The van der Waals surface area contributed by atoms with E-state index in [1.165, 1.54) is 57.7 Å². The number of methoxy groups -OCH3 is 3. The maximum absolute atomic E-state index is 13.9. The molecule has 1 N–H and O–H groups in total. The van der Waals surface area contributed by atoms with Crippen LogP contribution in [0.3, 0.4) is 0 Å².